The lowest BCUT2D eigenvalue weighted by molar-refractivity contribution is 0.645. The third-order valence-corrected chi connectivity index (χ3v) is 2.57. The number of H-pyrrole nitrogens is 1. The number of nitrogens with one attached hydrogen (secondary N) is 1. The molecule has 2 aromatic rings. The van der Waals surface area contributed by atoms with Gasteiger partial charge in [0, 0.05) is 18.8 Å². The molecule has 0 aromatic carbocycles. The Morgan fingerprint density at radius 2 is 2.33 bits per heavy atom. The van der Waals surface area contributed by atoms with Gasteiger partial charge < -0.3 is 0 Å². The lowest BCUT2D eigenvalue weighted by Crippen LogP contribution is -2.02. The van der Waals surface area contributed by atoms with Crippen molar-refractivity contribution in [3.63, 3.8) is 0 Å². The lowest BCUT2D eigenvalue weighted by Gasteiger charge is -2.12. The van der Waals surface area contributed by atoms with Crippen LogP contribution in [0.5, 0.6) is 0 Å². The molecule has 0 saturated heterocycles. The maximum atomic E-state index is 4.14. The highest BCUT2D eigenvalue weighted by Crippen LogP contribution is 2.21. The quantitative estimate of drug-likeness (QED) is 0.824. The van der Waals surface area contributed by atoms with Crippen LogP contribution in [-0.2, 0) is 6.42 Å². The summed E-state index contributed by atoms with van der Waals surface area (Å²) in [5.41, 5.74) is 2.27. The maximum absolute atomic E-state index is 4.14. The van der Waals surface area contributed by atoms with Crippen LogP contribution in [0.2, 0.25) is 0 Å². The molecule has 15 heavy (non-hydrogen) atoms. The standard InChI is InChI=1S/C11H14N4/c1-2-9(6-11-8-13-15-14-11)10-4-3-5-12-7-10/h3-5,7-9H,2,6H2,1H3,(H,13,14,15). The van der Waals surface area contributed by atoms with Crippen molar-refractivity contribution >= 4 is 0 Å². The summed E-state index contributed by atoms with van der Waals surface area (Å²) in [6.45, 7) is 2.18. The molecule has 4 nitrogen and oxygen atoms in total. The molecule has 2 aromatic heterocycles. The second-order valence-corrected chi connectivity index (χ2v) is 3.56. The maximum Gasteiger partial charge on any atom is 0.0830 e. The van der Waals surface area contributed by atoms with E-state index in [4.69, 9.17) is 0 Å². The van der Waals surface area contributed by atoms with Gasteiger partial charge in [-0.05, 0) is 24.0 Å². The predicted octanol–water partition coefficient (Wildman–Crippen LogP) is 1.94. The SMILES string of the molecule is CCC(Cc1cn[nH]n1)c1cccnc1. The van der Waals surface area contributed by atoms with E-state index in [0.29, 0.717) is 5.92 Å². The highest BCUT2D eigenvalue weighted by molar-refractivity contribution is 5.16. The number of pyridine rings is 1. The summed E-state index contributed by atoms with van der Waals surface area (Å²) in [5.74, 6) is 0.476. The molecule has 0 amide bonds. The molecule has 1 unspecified atom stereocenters. The Bertz CT molecular complexity index is 382. The summed E-state index contributed by atoms with van der Waals surface area (Å²) < 4.78 is 0. The second kappa shape index (κ2) is 4.68. The summed E-state index contributed by atoms with van der Waals surface area (Å²) >= 11 is 0. The first-order valence-corrected chi connectivity index (χ1v) is 5.14. The Labute approximate surface area is 88.8 Å². The highest BCUT2D eigenvalue weighted by Gasteiger charge is 2.11. The van der Waals surface area contributed by atoms with Gasteiger partial charge in [0.2, 0.25) is 0 Å². The van der Waals surface area contributed by atoms with Gasteiger partial charge >= 0.3 is 0 Å². The minimum absolute atomic E-state index is 0.476. The molecule has 0 aliphatic rings. The number of aromatic amines is 1. The molecule has 0 aliphatic heterocycles. The summed E-state index contributed by atoms with van der Waals surface area (Å²) in [4.78, 5) is 4.14. The van der Waals surface area contributed by atoms with Crippen LogP contribution in [0.1, 0.15) is 30.5 Å². The predicted molar refractivity (Wildman–Crippen MR) is 57.4 cm³/mol. The fourth-order valence-electron chi connectivity index (χ4n) is 1.69. The van der Waals surface area contributed by atoms with E-state index in [1.54, 1.807) is 12.4 Å². The number of aromatic nitrogens is 4. The molecule has 0 saturated carbocycles. The van der Waals surface area contributed by atoms with Crippen molar-refractivity contribution in [3.05, 3.63) is 42.0 Å². The van der Waals surface area contributed by atoms with Crippen LogP contribution in [0.3, 0.4) is 0 Å². The number of nitrogens with zero attached hydrogens (tertiary/aromatic N) is 3. The van der Waals surface area contributed by atoms with E-state index in [0.717, 1.165) is 18.5 Å². The third kappa shape index (κ3) is 2.40. The monoisotopic (exact) mass is 202 g/mol. The van der Waals surface area contributed by atoms with Gasteiger partial charge in [-0.2, -0.15) is 15.4 Å². The molecule has 4 heteroatoms. The molecule has 78 valence electrons. The van der Waals surface area contributed by atoms with Crippen molar-refractivity contribution in [1.29, 1.82) is 0 Å². The summed E-state index contributed by atoms with van der Waals surface area (Å²) in [5, 5.41) is 10.5. The van der Waals surface area contributed by atoms with Crippen LogP contribution in [-0.4, -0.2) is 20.4 Å². The fourth-order valence-corrected chi connectivity index (χ4v) is 1.69. The normalized spacial score (nSPS) is 12.6. The molecule has 2 rings (SSSR count). The van der Waals surface area contributed by atoms with Crippen LogP contribution < -0.4 is 0 Å². The van der Waals surface area contributed by atoms with Gasteiger partial charge in [0.25, 0.3) is 0 Å². The topological polar surface area (TPSA) is 54.5 Å². The zero-order valence-electron chi connectivity index (χ0n) is 8.72. The third-order valence-electron chi connectivity index (χ3n) is 2.57. The molecule has 0 spiro atoms. The number of rotatable bonds is 4. The van der Waals surface area contributed by atoms with Crippen molar-refractivity contribution < 1.29 is 0 Å². The molecule has 0 aliphatic carbocycles. The second-order valence-electron chi connectivity index (χ2n) is 3.56. The van der Waals surface area contributed by atoms with Gasteiger partial charge in [-0.15, -0.1) is 0 Å². The van der Waals surface area contributed by atoms with E-state index in [-0.39, 0.29) is 0 Å². The molecule has 2 heterocycles. The smallest absolute Gasteiger partial charge is 0.0830 e. The van der Waals surface area contributed by atoms with Gasteiger partial charge in [-0.1, -0.05) is 13.0 Å². The minimum atomic E-state index is 0.476. The zero-order chi connectivity index (χ0) is 10.5. The van der Waals surface area contributed by atoms with Crippen molar-refractivity contribution in [2.45, 2.75) is 25.7 Å². The largest absolute Gasteiger partial charge is 0.264 e. The van der Waals surface area contributed by atoms with Crippen molar-refractivity contribution in [3.8, 4) is 0 Å². The Morgan fingerprint density at radius 3 is 2.93 bits per heavy atom. The first-order valence-electron chi connectivity index (χ1n) is 5.14. The molecular formula is C11H14N4. The highest BCUT2D eigenvalue weighted by atomic mass is 15.3. The van der Waals surface area contributed by atoms with Gasteiger partial charge in [0.05, 0.1) is 11.9 Å². The van der Waals surface area contributed by atoms with Gasteiger partial charge in [0.15, 0.2) is 0 Å². The van der Waals surface area contributed by atoms with E-state index >= 15 is 0 Å². The van der Waals surface area contributed by atoms with Crippen LogP contribution in [0.4, 0.5) is 0 Å². The number of hydrogen-bond acceptors (Lipinski definition) is 3. The Hall–Kier alpha value is -1.71. The molecule has 1 N–H and O–H groups in total. The average Bonchev–Trinajstić information content (AvgIpc) is 2.80. The van der Waals surface area contributed by atoms with Crippen molar-refractivity contribution in [1.82, 2.24) is 20.4 Å². The van der Waals surface area contributed by atoms with Gasteiger partial charge in [0.1, 0.15) is 0 Å². The summed E-state index contributed by atoms with van der Waals surface area (Å²) in [6.07, 6.45) is 7.50. The van der Waals surface area contributed by atoms with Crippen LogP contribution in [0.25, 0.3) is 0 Å². The number of hydrogen-bond donors (Lipinski definition) is 1. The van der Waals surface area contributed by atoms with Crippen LogP contribution in [0, 0.1) is 0 Å². The molecular weight excluding hydrogens is 188 g/mol. The first-order chi connectivity index (χ1) is 7.40. The minimum Gasteiger partial charge on any atom is -0.264 e. The van der Waals surface area contributed by atoms with E-state index < -0.39 is 0 Å². The van der Waals surface area contributed by atoms with E-state index in [2.05, 4.69) is 33.4 Å². The summed E-state index contributed by atoms with van der Waals surface area (Å²) in [7, 11) is 0. The summed E-state index contributed by atoms with van der Waals surface area (Å²) in [6, 6.07) is 4.09. The molecule has 0 radical (unpaired) electrons. The van der Waals surface area contributed by atoms with Gasteiger partial charge in [-0.3, -0.25) is 4.98 Å². The zero-order valence-corrected chi connectivity index (χ0v) is 8.72. The average molecular weight is 202 g/mol. The molecule has 0 bridgehead atoms. The van der Waals surface area contributed by atoms with Crippen molar-refractivity contribution in [2.75, 3.05) is 0 Å². The van der Waals surface area contributed by atoms with Crippen LogP contribution >= 0.6 is 0 Å². The van der Waals surface area contributed by atoms with E-state index in [1.807, 2.05) is 12.3 Å². The Morgan fingerprint density at radius 1 is 1.40 bits per heavy atom. The Balaban J connectivity index is 2.12. The van der Waals surface area contributed by atoms with E-state index in [9.17, 15) is 0 Å². The Kier molecular flexibility index (Phi) is 3.07. The molecule has 0 fully saturated rings. The fraction of sp³-hybridized carbons (Fsp3) is 0.364. The van der Waals surface area contributed by atoms with Crippen molar-refractivity contribution in [2.24, 2.45) is 0 Å². The molecule has 1 atom stereocenters. The first kappa shape index (κ1) is 9.83. The van der Waals surface area contributed by atoms with Gasteiger partial charge in [-0.25, -0.2) is 0 Å². The van der Waals surface area contributed by atoms with E-state index in [1.165, 1.54) is 5.56 Å². The lowest BCUT2D eigenvalue weighted by atomic mass is 9.93. The van der Waals surface area contributed by atoms with Crippen LogP contribution in [0.15, 0.2) is 30.7 Å².